The number of piperazine rings is 1. The van der Waals surface area contributed by atoms with Crippen molar-refractivity contribution in [2.45, 2.75) is 12.6 Å². The first-order chi connectivity index (χ1) is 15.5. The summed E-state index contributed by atoms with van der Waals surface area (Å²) in [5.41, 5.74) is 6.47. The van der Waals surface area contributed by atoms with E-state index >= 15 is 0 Å². The lowest BCUT2D eigenvalue weighted by molar-refractivity contribution is -0.0738. The molecule has 2 aromatic rings. The van der Waals surface area contributed by atoms with Crippen LogP contribution in [0.15, 0.2) is 42.5 Å². The van der Waals surface area contributed by atoms with E-state index in [9.17, 15) is 14.0 Å². The Morgan fingerprint density at radius 1 is 1.12 bits per heavy atom. The highest BCUT2D eigenvalue weighted by Crippen LogP contribution is 2.25. The summed E-state index contributed by atoms with van der Waals surface area (Å²) in [5, 5.41) is 0.486. The number of anilines is 1. The quantitative estimate of drug-likeness (QED) is 0.670. The van der Waals surface area contributed by atoms with E-state index in [0.717, 1.165) is 26.3 Å². The van der Waals surface area contributed by atoms with Crippen molar-refractivity contribution in [1.82, 2.24) is 9.80 Å². The van der Waals surface area contributed by atoms with Crippen LogP contribution in [0.4, 0.5) is 14.9 Å². The van der Waals surface area contributed by atoms with Crippen LogP contribution in [0.2, 0.25) is 5.02 Å². The molecule has 0 saturated carbocycles. The molecule has 0 bridgehead atoms. The summed E-state index contributed by atoms with van der Waals surface area (Å²) in [4.78, 5) is 30.9. The Labute approximate surface area is 191 Å². The van der Waals surface area contributed by atoms with Crippen LogP contribution in [0, 0.1) is 5.82 Å². The molecule has 170 valence electrons. The van der Waals surface area contributed by atoms with E-state index in [0.29, 0.717) is 35.4 Å². The molecule has 7 nitrogen and oxygen atoms in total. The number of urea groups is 1. The largest absolute Gasteiger partial charge is 0.378 e. The van der Waals surface area contributed by atoms with E-state index < -0.39 is 5.82 Å². The van der Waals surface area contributed by atoms with Gasteiger partial charge in [0.2, 0.25) is 0 Å². The second-order valence-corrected chi connectivity index (χ2v) is 8.43. The van der Waals surface area contributed by atoms with Gasteiger partial charge in [-0.15, -0.1) is 0 Å². The Morgan fingerprint density at radius 2 is 1.88 bits per heavy atom. The van der Waals surface area contributed by atoms with E-state index in [1.165, 1.54) is 23.1 Å². The first kappa shape index (κ1) is 22.7. The number of hydrogen-bond donors (Lipinski definition) is 1. The molecule has 0 aromatic heterocycles. The third-order valence-corrected chi connectivity index (χ3v) is 6.20. The fourth-order valence-corrected chi connectivity index (χ4v) is 4.12. The lowest BCUT2D eigenvalue weighted by Gasteiger charge is -2.43. The molecule has 2 aliphatic rings. The van der Waals surface area contributed by atoms with Gasteiger partial charge in [0.25, 0.3) is 0 Å². The number of hydrogen-bond acceptors (Lipinski definition) is 5. The highest BCUT2D eigenvalue weighted by molar-refractivity contribution is 6.30. The molecule has 9 heteroatoms. The van der Waals surface area contributed by atoms with Gasteiger partial charge in [0.05, 0.1) is 32.3 Å². The molecular weight excluding hydrogens is 435 g/mol. The highest BCUT2D eigenvalue weighted by atomic mass is 35.5. The maximum atomic E-state index is 14.8. The summed E-state index contributed by atoms with van der Waals surface area (Å²) in [6.07, 6.45) is 0. The second kappa shape index (κ2) is 9.95. The summed E-state index contributed by atoms with van der Waals surface area (Å²) >= 11 is 6.17. The van der Waals surface area contributed by atoms with Crippen molar-refractivity contribution in [3.05, 3.63) is 64.4 Å². The molecule has 2 fully saturated rings. The lowest BCUT2D eigenvalue weighted by Crippen LogP contribution is -2.59. The Morgan fingerprint density at radius 3 is 2.47 bits per heavy atom. The number of halogens is 2. The molecule has 2 aliphatic heterocycles. The minimum Gasteiger partial charge on any atom is -0.378 e. The molecule has 2 aromatic carbocycles. The predicted octanol–water partition coefficient (Wildman–Crippen LogP) is 2.76. The fraction of sp³-hybridized carbons (Fsp3) is 0.391. The van der Waals surface area contributed by atoms with Gasteiger partial charge in [0.15, 0.2) is 5.78 Å². The van der Waals surface area contributed by atoms with E-state index in [1.54, 1.807) is 29.2 Å². The van der Waals surface area contributed by atoms with Crippen molar-refractivity contribution in [1.29, 1.82) is 0 Å². The molecule has 2 N–H and O–H groups in total. The standard InChI is InChI=1S/C23H26ClFN4O3/c24-18-2-1-3-19(11-18)29(13-17-5-4-16(10-21(17)25)22(30)12-26)23(31)28-8-6-27(7-9-28)20-14-32-15-20/h1-5,10-11,20H,6-9,12-15,26H2. The zero-order valence-corrected chi connectivity index (χ0v) is 18.4. The number of benzene rings is 2. The van der Waals surface area contributed by atoms with Crippen LogP contribution in [0.1, 0.15) is 15.9 Å². The van der Waals surface area contributed by atoms with Crippen LogP contribution in [0.5, 0.6) is 0 Å². The molecule has 0 spiro atoms. The lowest BCUT2D eigenvalue weighted by atomic mass is 10.1. The summed E-state index contributed by atoms with van der Waals surface area (Å²) < 4.78 is 20.1. The number of ketones is 1. The molecule has 2 amide bonds. The van der Waals surface area contributed by atoms with E-state index in [-0.39, 0.29) is 30.5 Å². The molecule has 4 rings (SSSR count). The number of carbonyl (C=O) groups is 2. The van der Waals surface area contributed by atoms with Crippen molar-refractivity contribution in [2.75, 3.05) is 50.8 Å². The van der Waals surface area contributed by atoms with Crippen LogP contribution in [-0.4, -0.2) is 73.6 Å². The summed E-state index contributed by atoms with van der Waals surface area (Å²) in [5.74, 6) is -0.896. The van der Waals surface area contributed by atoms with E-state index in [1.807, 2.05) is 0 Å². The molecule has 0 radical (unpaired) electrons. The fourth-order valence-electron chi connectivity index (χ4n) is 3.93. The first-order valence-electron chi connectivity index (χ1n) is 10.6. The van der Waals surface area contributed by atoms with Gasteiger partial charge >= 0.3 is 6.03 Å². The van der Waals surface area contributed by atoms with Gasteiger partial charge in [-0.3, -0.25) is 14.6 Å². The Balaban J connectivity index is 1.54. The Bertz CT molecular complexity index is 993. The van der Waals surface area contributed by atoms with Crippen LogP contribution in [0.3, 0.4) is 0 Å². The maximum absolute atomic E-state index is 14.8. The molecule has 0 aliphatic carbocycles. The first-order valence-corrected chi connectivity index (χ1v) is 11.0. The molecule has 0 unspecified atom stereocenters. The maximum Gasteiger partial charge on any atom is 0.324 e. The van der Waals surface area contributed by atoms with E-state index in [2.05, 4.69) is 4.90 Å². The smallest absolute Gasteiger partial charge is 0.324 e. The van der Waals surface area contributed by atoms with Crippen molar-refractivity contribution < 1.29 is 18.7 Å². The third kappa shape index (κ3) is 4.94. The molecular formula is C23H26ClFN4O3. The van der Waals surface area contributed by atoms with Gasteiger partial charge in [0.1, 0.15) is 5.82 Å². The monoisotopic (exact) mass is 460 g/mol. The summed E-state index contributed by atoms with van der Waals surface area (Å²) in [6, 6.07) is 11.4. The third-order valence-electron chi connectivity index (χ3n) is 5.96. The van der Waals surface area contributed by atoms with Gasteiger partial charge in [-0.2, -0.15) is 0 Å². The van der Waals surface area contributed by atoms with Crippen molar-refractivity contribution >= 4 is 29.1 Å². The normalized spacial score (nSPS) is 17.2. The van der Waals surface area contributed by atoms with Crippen molar-refractivity contribution in [2.24, 2.45) is 5.73 Å². The molecule has 2 saturated heterocycles. The number of amides is 2. The van der Waals surface area contributed by atoms with Crippen LogP contribution >= 0.6 is 11.6 Å². The van der Waals surface area contributed by atoms with Crippen LogP contribution in [0.25, 0.3) is 0 Å². The van der Waals surface area contributed by atoms with Gasteiger partial charge in [-0.25, -0.2) is 9.18 Å². The summed E-state index contributed by atoms with van der Waals surface area (Å²) in [7, 11) is 0. The van der Waals surface area contributed by atoms with E-state index in [4.69, 9.17) is 22.1 Å². The van der Waals surface area contributed by atoms with Crippen LogP contribution in [-0.2, 0) is 11.3 Å². The number of carbonyl (C=O) groups excluding carboxylic acids is 2. The molecule has 0 atom stereocenters. The zero-order valence-electron chi connectivity index (χ0n) is 17.7. The average Bonchev–Trinajstić information content (AvgIpc) is 2.76. The predicted molar refractivity (Wildman–Crippen MR) is 121 cm³/mol. The molecule has 32 heavy (non-hydrogen) atoms. The minimum absolute atomic E-state index is 0.0127. The number of ether oxygens (including phenoxy) is 1. The topological polar surface area (TPSA) is 79.1 Å². The summed E-state index contributed by atoms with van der Waals surface area (Å²) in [6.45, 7) is 4.01. The van der Waals surface area contributed by atoms with Gasteiger partial charge in [-0.1, -0.05) is 29.8 Å². The zero-order chi connectivity index (χ0) is 22.7. The molecule has 2 heterocycles. The number of nitrogens with two attached hydrogens (primary N) is 1. The highest BCUT2D eigenvalue weighted by Gasteiger charge is 2.32. The van der Waals surface area contributed by atoms with Gasteiger partial charge in [-0.05, 0) is 24.3 Å². The van der Waals surface area contributed by atoms with Gasteiger partial charge < -0.3 is 15.4 Å². The van der Waals surface area contributed by atoms with Crippen molar-refractivity contribution in [3.8, 4) is 0 Å². The van der Waals surface area contributed by atoms with Gasteiger partial charge in [0, 0.05) is 48.0 Å². The minimum atomic E-state index is -0.557. The second-order valence-electron chi connectivity index (χ2n) is 8.00. The SMILES string of the molecule is NCC(=O)c1ccc(CN(C(=O)N2CCN(C3COC3)CC2)c2cccc(Cl)c2)c(F)c1. The number of rotatable bonds is 6. The Hall–Kier alpha value is -2.52. The number of Topliss-reactive ketones (excluding diaryl/α,β-unsaturated/α-hetero) is 1. The Kier molecular flexibility index (Phi) is 7.05. The average molecular weight is 461 g/mol. The number of nitrogens with zero attached hydrogens (tertiary/aromatic N) is 3. The van der Waals surface area contributed by atoms with Crippen LogP contribution < -0.4 is 10.6 Å². The van der Waals surface area contributed by atoms with Crippen molar-refractivity contribution in [3.63, 3.8) is 0 Å².